The Balaban J connectivity index is 1.42. The number of carbonyl (C=O) groups excluding carboxylic acids is 1. The Hall–Kier alpha value is -3.21. The summed E-state index contributed by atoms with van der Waals surface area (Å²) in [5.41, 5.74) is 2.62. The van der Waals surface area contributed by atoms with Gasteiger partial charge in [-0.05, 0) is 61.6 Å². The highest BCUT2D eigenvalue weighted by molar-refractivity contribution is 8.26. The van der Waals surface area contributed by atoms with Crippen LogP contribution in [-0.4, -0.2) is 57.4 Å². The molecule has 3 aromatic rings. The van der Waals surface area contributed by atoms with Crippen molar-refractivity contribution in [3.05, 3.63) is 74.5 Å². The van der Waals surface area contributed by atoms with E-state index in [2.05, 4.69) is 5.32 Å². The Bertz CT molecular complexity index is 1430. The molecular weight excluding hydrogens is 508 g/mol. The highest BCUT2D eigenvalue weighted by atomic mass is 32.2. The number of rotatable bonds is 8. The second-order valence-electron chi connectivity index (χ2n) is 9.01. The smallest absolute Gasteiger partial charge is 0.267 e. The number of hydrogen-bond acceptors (Lipinski definition) is 8. The zero-order valence-corrected chi connectivity index (χ0v) is 22.4. The fraction of sp³-hybridized carbons (Fsp3) is 0.333. The number of benzene rings is 1. The van der Waals surface area contributed by atoms with Gasteiger partial charge in [0.2, 0.25) is 0 Å². The number of thioether (sulfide) groups is 1. The molecule has 0 spiro atoms. The van der Waals surface area contributed by atoms with Crippen LogP contribution in [0.25, 0.3) is 11.7 Å². The first-order valence-electron chi connectivity index (χ1n) is 12.2. The molecule has 2 aromatic heterocycles. The van der Waals surface area contributed by atoms with Crippen LogP contribution < -0.4 is 15.6 Å². The fourth-order valence-electron chi connectivity index (χ4n) is 4.45. The average Bonchev–Trinajstić information content (AvgIpc) is 3.52. The molecule has 192 valence electrons. The van der Waals surface area contributed by atoms with Gasteiger partial charge in [-0.15, -0.1) is 0 Å². The largest absolute Gasteiger partial charge is 0.497 e. The van der Waals surface area contributed by atoms with Crippen LogP contribution in [0.3, 0.4) is 0 Å². The van der Waals surface area contributed by atoms with E-state index in [1.54, 1.807) is 24.3 Å². The van der Waals surface area contributed by atoms with Crippen molar-refractivity contribution in [3.63, 3.8) is 0 Å². The Labute approximate surface area is 224 Å². The molecule has 10 heteroatoms. The van der Waals surface area contributed by atoms with Crippen molar-refractivity contribution in [2.24, 2.45) is 0 Å². The summed E-state index contributed by atoms with van der Waals surface area (Å²) >= 11 is 6.73. The van der Waals surface area contributed by atoms with Gasteiger partial charge < -0.3 is 14.8 Å². The zero-order valence-electron chi connectivity index (χ0n) is 20.7. The highest BCUT2D eigenvalue weighted by Gasteiger charge is 2.32. The molecule has 2 aliphatic rings. The van der Waals surface area contributed by atoms with Crippen LogP contribution in [0.1, 0.15) is 29.5 Å². The molecule has 0 bridgehead atoms. The van der Waals surface area contributed by atoms with E-state index in [-0.39, 0.29) is 17.6 Å². The third-order valence-electron chi connectivity index (χ3n) is 6.54. The van der Waals surface area contributed by atoms with E-state index in [1.807, 2.05) is 43.3 Å². The number of carbonyl (C=O) groups is 1. The molecule has 0 saturated carbocycles. The van der Waals surface area contributed by atoms with Crippen LogP contribution in [0.4, 0.5) is 5.82 Å². The summed E-state index contributed by atoms with van der Waals surface area (Å²) in [6.45, 7) is 3.65. The quantitative estimate of drug-likeness (QED) is 0.341. The number of methoxy groups -OCH3 is 1. The topological polar surface area (TPSA) is 85.2 Å². The van der Waals surface area contributed by atoms with E-state index in [4.69, 9.17) is 26.7 Å². The minimum atomic E-state index is -0.243. The number of pyridine rings is 1. The molecule has 4 heterocycles. The lowest BCUT2D eigenvalue weighted by Gasteiger charge is -2.15. The number of aryl methyl sites for hydroxylation is 1. The molecular formula is C27H28N4O4S2. The first kappa shape index (κ1) is 25.4. The van der Waals surface area contributed by atoms with Crippen molar-refractivity contribution in [1.82, 2.24) is 14.3 Å². The van der Waals surface area contributed by atoms with Gasteiger partial charge in [0.15, 0.2) is 0 Å². The molecule has 1 unspecified atom stereocenters. The normalized spacial score (nSPS) is 18.8. The number of hydrogen-bond donors (Lipinski definition) is 1. The molecule has 1 N–H and O–H groups in total. The second kappa shape index (κ2) is 11.0. The lowest BCUT2D eigenvalue weighted by atomic mass is 10.1. The van der Waals surface area contributed by atoms with E-state index < -0.39 is 0 Å². The van der Waals surface area contributed by atoms with E-state index >= 15 is 0 Å². The van der Waals surface area contributed by atoms with E-state index in [0.717, 1.165) is 36.3 Å². The predicted octanol–water partition coefficient (Wildman–Crippen LogP) is 4.05. The van der Waals surface area contributed by atoms with E-state index in [9.17, 15) is 9.59 Å². The van der Waals surface area contributed by atoms with Gasteiger partial charge in [-0.25, -0.2) is 4.98 Å². The summed E-state index contributed by atoms with van der Waals surface area (Å²) < 4.78 is 12.9. The predicted molar refractivity (Wildman–Crippen MR) is 150 cm³/mol. The van der Waals surface area contributed by atoms with Crippen LogP contribution >= 0.6 is 24.0 Å². The van der Waals surface area contributed by atoms with Crippen LogP contribution in [-0.2, 0) is 16.0 Å². The molecule has 2 saturated heterocycles. The lowest BCUT2D eigenvalue weighted by Crippen LogP contribution is -2.30. The zero-order chi connectivity index (χ0) is 25.9. The highest BCUT2D eigenvalue weighted by Crippen LogP contribution is 2.33. The van der Waals surface area contributed by atoms with E-state index in [1.165, 1.54) is 16.2 Å². The van der Waals surface area contributed by atoms with Gasteiger partial charge in [0.25, 0.3) is 11.5 Å². The first-order valence-corrected chi connectivity index (χ1v) is 13.4. The second-order valence-corrected chi connectivity index (χ2v) is 10.7. The van der Waals surface area contributed by atoms with Crippen LogP contribution in [0.2, 0.25) is 0 Å². The Kier molecular flexibility index (Phi) is 7.59. The molecule has 0 aliphatic carbocycles. The van der Waals surface area contributed by atoms with Crippen LogP contribution in [0.5, 0.6) is 5.75 Å². The van der Waals surface area contributed by atoms with Gasteiger partial charge in [0, 0.05) is 25.9 Å². The SMILES string of the molecule is COc1ccc(CCN2C(=O)C(=Cc3c(NCC4CCCO4)nc4c(C)cccn4c3=O)SC2=S)cc1. The molecule has 37 heavy (non-hydrogen) atoms. The Morgan fingerprint density at radius 1 is 1.27 bits per heavy atom. The van der Waals surface area contributed by atoms with Gasteiger partial charge in [0.05, 0.1) is 23.7 Å². The maximum absolute atomic E-state index is 13.5. The number of aromatic nitrogens is 2. The minimum Gasteiger partial charge on any atom is -0.497 e. The number of anilines is 1. The van der Waals surface area contributed by atoms with Crippen molar-refractivity contribution in [1.29, 1.82) is 0 Å². The van der Waals surface area contributed by atoms with Crippen molar-refractivity contribution >= 4 is 51.7 Å². The number of fused-ring (bicyclic) bond motifs is 1. The number of nitrogens with zero attached hydrogens (tertiary/aromatic N) is 3. The molecule has 5 rings (SSSR count). The maximum Gasteiger partial charge on any atom is 0.267 e. The fourth-order valence-corrected chi connectivity index (χ4v) is 5.74. The summed E-state index contributed by atoms with van der Waals surface area (Å²) in [7, 11) is 1.63. The minimum absolute atomic E-state index is 0.0705. The molecule has 1 amide bonds. The Morgan fingerprint density at radius 3 is 2.81 bits per heavy atom. The summed E-state index contributed by atoms with van der Waals surface area (Å²) in [6, 6.07) is 11.5. The van der Waals surface area contributed by atoms with Gasteiger partial charge in [-0.1, -0.05) is 42.2 Å². The van der Waals surface area contributed by atoms with Gasteiger partial charge in [0.1, 0.15) is 21.5 Å². The number of ether oxygens (including phenoxy) is 2. The van der Waals surface area contributed by atoms with Gasteiger partial charge in [-0.3, -0.25) is 18.9 Å². The number of nitrogens with one attached hydrogen (secondary N) is 1. The van der Waals surface area contributed by atoms with Gasteiger partial charge in [-0.2, -0.15) is 0 Å². The standard InChI is InChI=1S/C27H28N4O4S2/c1-17-5-3-12-30-24(17)29-23(28-16-20-6-4-14-35-20)21(25(30)32)15-22-26(33)31(27(36)37-22)13-11-18-7-9-19(34-2)10-8-18/h3,5,7-10,12,15,20,28H,4,6,11,13-14,16H2,1-2H3. The maximum atomic E-state index is 13.5. The van der Waals surface area contributed by atoms with E-state index in [0.29, 0.717) is 45.8 Å². The van der Waals surface area contributed by atoms with Crippen molar-refractivity contribution in [2.75, 3.05) is 32.1 Å². The lowest BCUT2D eigenvalue weighted by molar-refractivity contribution is -0.122. The summed E-state index contributed by atoms with van der Waals surface area (Å²) in [5, 5.41) is 3.31. The third kappa shape index (κ3) is 5.41. The summed E-state index contributed by atoms with van der Waals surface area (Å²) in [5.74, 6) is 1.02. The van der Waals surface area contributed by atoms with Crippen LogP contribution in [0, 0.1) is 6.92 Å². The molecule has 8 nitrogen and oxygen atoms in total. The summed E-state index contributed by atoms with van der Waals surface area (Å²) in [6.07, 6.45) is 6.01. The molecule has 0 radical (unpaired) electrons. The third-order valence-corrected chi connectivity index (χ3v) is 7.92. The molecule has 1 aromatic carbocycles. The average molecular weight is 537 g/mol. The van der Waals surface area contributed by atoms with Crippen molar-refractivity contribution < 1.29 is 14.3 Å². The van der Waals surface area contributed by atoms with Gasteiger partial charge >= 0.3 is 0 Å². The molecule has 2 aliphatic heterocycles. The number of thiocarbonyl (C=S) groups is 1. The molecule has 1 atom stereocenters. The van der Waals surface area contributed by atoms with Crippen molar-refractivity contribution in [3.8, 4) is 5.75 Å². The van der Waals surface area contributed by atoms with Crippen LogP contribution in [0.15, 0.2) is 52.3 Å². The summed E-state index contributed by atoms with van der Waals surface area (Å²) in [4.78, 5) is 33.6. The molecule has 2 fully saturated rings. The van der Waals surface area contributed by atoms with Crippen molar-refractivity contribution in [2.45, 2.75) is 32.3 Å². The first-order chi connectivity index (χ1) is 17.9. The number of amides is 1. The Morgan fingerprint density at radius 2 is 2.08 bits per heavy atom. The monoisotopic (exact) mass is 536 g/mol.